The van der Waals surface area contributed by atoms with Crippen molar-refractivity contribution in [2.24, 2.45) is 5.73 Å². The summed E-state index contributed by atoms with van der Waals surface area (Å²) < 4.78 is 5.39. The van der Waals surface area contributed by atoms with Gasteiger partial charge in [-0.25, -0.2) is 0 Å². The monoisotopic (exact) mass is 179 g/mol. The van der Waals surface area contributed by atoms with Crippen LogP contribution in [0, 0.1) is 6.42 Å². The van der Waals surface area contributed by atoms with E-state index in [2.05, 4.69) is 4.98 Å². The third kappa shape index (κ3) is 4.60. The van der Waals surface area contributed by atoms with Crippen LogP contribution in [0.2, 0.25) is 0 Å². The first-order valence-electron chi connectivity index (χ1n) is 4.42. The van der Waals surface area contributed by atoms with Gasteiger partial charge in [-0.05, 0) is 31.0 Å². The first kappa shape index (κ1) is 10.2. The summed E-state index contributed by atoms with van der Waals surface area (Å²) in [5, 5.41) is 0. The molecule has 0 fully saturated rings. The molecule has 1 radical (unpaired) electrons. The molecule has 1 heterocycles. The zero-order valence-corrected chi connectivity index (χ0v) is 7.65. The standard InChI is InChI=1S/C10H15N2O/c11-5-1-2-7-13-9-10-4-3-6-12-8-10/h1,3-4,6,8H,2,5,7,9,11H2. The normalized spacial score (nSPS) is 10.2. The molecular weight excluding hydrogens is 164 g/mol. The van der Waals surface area contributed by atoms with Gasteiger partial charge in [0.15, 0.2) is 0 Å². The minimum Gasteiger partial charge on any atom is -0.377 e. The Morgan fingerprint density at radius 2 is 2.46 bits per heavy atom. The molecule has 71 valence electrons. The summed E-state index contributed by atoms with van der Waals surface area (Å²) in [6, 6.07) is 3.91. The number of ether oxygens (including phenoxy) is 1. The van der Waals surface area contributed by atoms with Crippen LogP contribution in [0.4, 0.5) is 0 Å². The van der Waals surface area contributed by atoms with Gasteiger partial charge < -0.3 is 10.5 Å². The summed E-state index contributed by atoms with van der Waals surface area (Å²) in [5.41, 5.74) is 6.41. The quantitative estimate of drug-likeness (QED) is 0.666. The minimum atomic E-state index is 0.621. The van der Waals surface area contributed by atoms with Crippen molar-refractivity contribution in [1.82, 2.24) is 4.98 Å². The van der Waals surface area contributed by atoms with Crippen LogP contribution < -0.4 is 5.73 Å². The lowest BCUT2D eigenvalue weighted by Gasteiger charge is -2.02. The van der Waals surface area contributed by atoms with E-state index in [1.54, 1.807) is 6.20 Å². The predicted octanol–water partition coefficient (Wildman–Crippen LogP) is 1.15. The van der Waals surface area contributed by atoms with Crippen molar-refractivity contribution in [1.29, 1.82) is 0 Å². The van der Waals surface area contributed by atoms with Crippen molar-refractivity contribution in [2.75, 3.05) is 13.2 Å². The molecule has 1 aromatic rings. The maximum atomic E-state index is 5.39. The number of pyridine rings is 1. The van der Waals surface area contributed by atoms with E-state index in [0.29, 0.717) is 13.2 Å². The molecule has 0 atom stereocenters. The van der Waals surface area contributed by atoms with E-state index < -0.39 is 0 Å². The van der Waals surface area contributed by atoms with Gasteiger partial charge in [0.2, 0.25) is 0 Å². The van der Waals surface area contributed by atoms with Gasteiger partial charge in [0.05, 0.1) is 6.61 Å². The second-order valence-electron chi connectivity index (χ2n) is 2.73. The molecule has 3 nitrogen and oxygen atoms in total. The summed E-state index contributed by atoms with van der Waals surface area (Å²) in [6.45, 7) is 1.98. The number of hydrogen-bond donors (Lipinski definition) is 1. The minimum absolute atomic E-state index is 0.621. The topological polar surface area (TPSA) is 48.1 Å². The van der Waals surface area contributed by atoms with Crippen molar-refractivity contribution in [2.45, 2.75) is 13.0 Å². The second kappa shape index (κ2) is 6.57. The fourth-order valence-electron chi connectivity index (χ4n) is 0.958. The molecule has 0 amide bonds. The molecule has 0 aliphatic rings. The molecule has 13 heavy (non-hydrogen) atoms. The van der Waals surface area contributed by atoms with Gasteiger partial charge >= 0.3 is 0 Å². The van der Waals surface area contributed by atoms with Gasteiger partial charge in [-0.1, -0.05) is 6.07 Å². The smallest absolute Gasteiger partial charge is 0.0731 e. The lowest BCUT2D eigenvalue weighted by molar-refractivity contribution is 0.123. The molecule has 0 saturated carbocycles. The molecular formula is C10H15N2O. The molecule has 2 N–H and O–H groups in total. The highest BCUT2D eigenvalue weighted by Gasteiger charge is 1.91. The number of hydrogen-bond acceptors (Lipinski definition) is 3. The maximum Gasteiger partial charge on any atom is 0.0731 e. The highest BCUT2D eigenvalue weighted by molar-refractivity contribution is 5.06. The SMILES string of the molecule is NC[CH]CCOCc1cccnc1. The third-order valence-electron chi connectivity index (χ3n) is 1.62. The largest absolute Gasteiger partial charge is 0.377 e. The predicted molar refractivity (Wildman–Crippen MR) is 51.9 cm³/mol. The van der Waals surface area contributed by atoms with Crippen LogP contribution in [0.15, 0.2) is 24.5 Å². The summed E-state index contributed by atoms with van der Waals surface area (Å²) in [4.78, 5) is 3.99. The summed E-state index contributed by atoms with van der Waals surface area (Å²) in [7, 11) is 0. The van der Waals surface area contributed by atoms with Gasteiger partial charge in [0.1, 0.15) is 0 Å². The van der Waals surface area contributed by atoms with Gasteiger partial charge in [0, 0.05) is 19.0 Å². The zero-order valence-electron chi connectivity index (χ0n) is 7.65. The lowest BCUT2D eigenvalue weighted by atomic mass is 10.3. The summed E-state index contributed by atoms with van der Waals surface area (Å²) in [6.07, 6.45) is 6.48. The van der Waals surface area contributed by atoms with Crippen LogP contribution >= 0.6 is 0 Å². The van der Waals surface area contributed by atoms with Crippen LogP contribution in [0.5, 0.6) is 0 Å². The fourth-order valence-corrected chi connectivity index (χ4v) is 0.958. The van der Waals surface area contributed by atoms with Gasteiger partial charge in [-0.15, -0.1) is 0 Å². The molecule has 0 aliphatic heterocycles. The molecule has 0 bridgehead atoms. The van der Waals surface area contributed by atoms with Crippen LogP contribution in [0.3, 0.4) is 0 Å². The molecule has 3 heteroatoms. The molecule has 1 aromatic heterocycles. The van der Waals surface area contributed by atoms with E-state index in [9.17, 15) is 0 Å². The molecule has 1 rings (SSSR count). The summed E-state index contributed by atoms with van der Waals surface area (Å²) in [5.74, 6) is 0. The average molecular weight is 179 g/mol. The number of nitrogens with two attached hydrogens (primary N) is 1. The number of aromatic nitrogens is 1. The Balaban J connectivity index is 2.07. The molecule has 0 aromatic carbocycles. The molecule has 0 saturated heterocycles. The van der Waals surface area contributed by atoms with Crippen LogP contribution in [0.25, 0.3) is 0 Å². The highest BCUT2D eigenvalue weighted by atomic mass is 16.5. The van der Waals surface area contributed by atoms with Crippen molar-refractivity contribution < 1.29 is 4.74 Å². The Bertz CT molecular complexity index is 213. The van der Waals surface area contributed by atoms with E-state index in [4.69, 9.17) is 10.5 Å². The first-order valence-corrected chi connectivity index (χ1v) is 4.42. The van der Waals surface area contributed by atoms with Crippen molar-refractivity contribution in [3.63, 3.8) is 0 Å². The number of rotatable bonds is 6. The van der Waals surface area contributed by atoms with Gasteiger partial charge in [-0.2, -0.15) is 0 Å². The molecule has 0 unspecified atom stereocenters. The summed E-state index contributed by atoms with van der Waals surface area (Å²) >= 11 is 0. The third-order valence-corrected chi connectivity index (χ3v) is 1.62. The Morgan fingerprint density at radius 3 is 3.15 bits per heavy atom. The van der Waals surface area contributed by atoms with Crippen molar-refractivity contribution >= 4 is 0 Å². The van der Waals surface area contributed by atoms with E-state index in [-0.39, 0.29) is 0 Å². The number of nitrogens with zero attached hydrogens (tertiary/aromatic N) is 1. The van der Waals surface area contributed by atoms with E-state index in [0.717, 1.165) is 18.6 Å². The fraction of sp³-hybridized carbons (Fsp3) is 0.400. The molecule has 0 aliphatic carbocycles. The van der Waals surface area contributed by atoms with Crippen LogP contribution in [0.1, 0.15) is 12.0 Å². The Kier molecular flexibility index (Phi) is 5.13. The van der Waals surface area contributed by atoms with Crippen molar-refractivity contribution in [3.8, 4) is 0 Å². The van der Waals surface area contributed by atoms with Crippen LogP contribution in [-0.4, -0.2) is 18.1 Å². The van der Waals surface area contributed by atoms with Gasteiger partial charge in [0.25, 0.3) is 0 Å². The number of unbranched alkanes of at least 4 members (excludes halogenated alkanes) is 1. The van der Waals surface area contributed by atoms with Crippen LogP contribution in [-0.2, 0) is 11.3 Å². The van der Waals surface area contributed by atoms with Gasteiger partial charge in [-0.3, -0.25) is 4.98 Å². The van der Waals surface area contributed by atoms with E-state index in [1.165, 1.54) is 0 Å². The van der Waals surface area contributed by atoms with E-state index >= 15 is 0 Å². The first-order chi connectivity index (χ1) is 6.43. The molecule has 0 spiro atoms. The second-order valence-corrected chi connectivity index (χ2v) is 2.73. The Labute approximate surface area is 78.9 Å². The average Bonchev–Trinajstić information content (AvgIpc) is 2.19. The van der Waals surface area contributed by atoms with Crippen molar-refractivity contribution in [3.05, 3.63) is 36.5 Å². The lowest BCUT2D eigenvalue weighted by Crippen LogP contribution is -2.02. The Morgan fingerprint density at radius 1 is 1.54 bits per heavy atom. The highest BCUT2D eigenvalue weighted by Crippen LogP contribution is 1.98. The van der Waals surface area contributed by atoms with E-state index in [1.807, 2.05) is 24.8 Å². The maximum absolute atomic E-state index is 5.39. The Hall–Kier alpha value is -0.930. The zero-order chi connectivity index (χ0) is 9.36.